The van der Waals surface area contributed by atoms with Crippen LogP contribution in [0.25, 0.3) is 0 Å². The van der Waals surface area contributed by atoms with E-state index in [9.17, 15) is 9.90 Å². The molecule has 0 aromatic carbocycles. The lowest BCUT2D eigenvalue weighted by molar-refractivity contribution is -0.0605. The summed E-state index contributed by atoms with van der Waals surface area (Å²) in [5.41, 5.74) is -0.268. The van der Waals surface area contributed by atoms with Crippen LogP contribution in [0.3, 0.4) is 0 Å². The molecule has 2 N–H and O–H groups in total. The molecule has 1 aliphatic heterocycles. The molecule has 1 aromatic heterocycles. The maximum absolute atomic E-state index is 12.2. The monoisotopic (exact) mass is 282 g/mol. The molecule has 0 radical (unpaired) electrons. The molecule has 0 saturated carbocycles. The van der Waals surface area contributed by atoms with Gasteiger partial charge in [-0.3, -0.25) is 4.79 Å². The molecular formula is C14H22N2O4. The summed E-state index contributed by atoms with van der Waals surface area (Å²) >= 11 is 0. The molecule has 6 heteroatoms. The number of amides is 1. The van der Waals surface area contributed by atoms with Gasteiger partial charge in [-0.05, 0) is 12.1 Å². The maximum Gasteiger partial charge on any atom is 0.268 e. The first kappa shape index (κ1) is 15.0. The Labute approximate surface area is 118 Å². The smallest absolute Gasteiger partial charge is 0.268 e. The lowest BCUT2D eigenvalue weighted by atomic mass is 9.94. The van der Waals surface area contributed by atoms with Gasteiger partial charge in [0.2, 0.25) is 0 Å². The summed E-state index contributed by atoms with van der Waals surface area (Å²) in [7, 11) is 1.63. The van der Waals surface area contributed by atoms with Gasteiger partial charge in [-0.15, -0.1) is 0 Å². The van der Waals surface area contributed by atoms with Gasteiger partial charge in [-0.25, -0.2) is 0 Å². The van der Waals surface area contributed by atoms with Crippen LogP contribution in [0, 0.1) is 0 Å². The van der Waals surface area contributed by atoms with Crippen LogP contribution in [-0.4, -0.2) is 54.7 Å². The number of nitrogens with one attached hydrogen (secondary N) is 1. The molecule has 1 amide bonds. The molecule has 1 saturated heterocycles. The highest BCUT2D eigenvalue weighted by Gasteiger charge is 2.30. The van der Waals surface area contributed by atoms with Crippen LogP contribution in [0.2, 0.25) is 0 Å². The fourth-order valence-corrected chi connectivity index (χ4v) is 2.27. The third-order valence-corrected chi connectivity index (χ3v) is 3.60. The number of methoxy groups -OCH3 is 1. The number of nitrogens with zero attached hydrogens (tertiary/aromatic N) is 1. The Hall–Kier alpha value is -1.37. The van der Waals surface area contributed by atoms with E-state index in [-0.39, 0.29) is 12.5 Å². The van der Waals surface area contributed by atoms with Crippen LogP contribution >= 0.6 is 0 Å². The van der Waals surface area contributed by atoms with Gasteiger partial charge < -0.3 is 24.5 Å². The summed E-state index contributed by atoms with van der Waals surface area (Å²) in [5.74, 6) is -0.175. The molecule has 0 aliphatic carbocycles. The summed E-state index contributed by atoms with van der Waals surface area (Å²) in [6.45, 7) is 2.51. The van der Waals surface area contributed by atoms with E-state index < -0.39 is 5.60 Å². The summed E-state index contributed by atoms with van der Waals surface area (Å²) < 4.78 is 12.1. The molecule has 112 valence electrons. The van der Waals surface area contributed by atoms with E-state index in [1.807, 2.05) is 16.8 Å². The fourth-order valence-electron chi connectivity index (χ4n) is 2.27. The summed E-state index contributed by atoms with van der Waals surface area (Å²) in [6.07, 6.45) is 2.95. The summed E-state index contributed by atoms with van der Waals surface area (Å²) in [4.78, 5) is 12.2. The van der Waals surface area contributed by atoms with Gasteiger partial charge in [0.15, 0.2) is 0 Å². The standard InChI is InChI=1S/C14H22N2O4/c1-19-10-7-16-6-2-3-12(16)13(17)15-11-14(18)4-8-20-9-5-14/h2-3,6,18H,4-5,7-11H2,1H3,(H,15,17). The molecule has 0 bridgehead atoms. The Morgan fingerprint density at radius 1 is 1.55 bits per heavy atom. The molecule has 1 aromatic rings. The maximum atomic E-state index is 12.2. The molecule has 0 spiro atoms. The number of carbonyl (C=O) groups excluding carboxylic acids is 1. The first-order chi connectivity index (χ1) is 9.64. The topological polar surface area (TPSA) is 72.7 Å². The van der Waals surface area contributed by atoms with Crippen molar-refractivity contribution in [1.82, 2.24) is 9.88 Å². The average molecular weight is 282 g/mol. The largest absolute Gasteiger partial charge is 0.388 e. The molecule has 1 fully saturated rings. The van der Waals surface area contributed by atoms with E-state index in [4.69, 9.17) is 9.47 Å². The highest BCUT2D eigenvalue weighted by atomic mass is 16.5. The number of rotatable bonds is 6. The number of carbonyl (C=O) groups is 1. The first-order valence-corrected chi connectivity index (χ1v) is 6.87. The normalized spacial score (nSPS) is 17.9. The zero-order valence-electron chi connectivity index (χ0n) is 11.8. The number of hydrogen-bond donors (Lipinski definition) is 2. The fraction of sp³-hybridized carbons (Fsp3) is 0.643. The van der Waals surface area contributed by atoms with Crippen LogP contribution in [0.4, 0.5) is 0 Å². The molecule has 2 heterocycles. The highest BCUT2D eigenvalue weighted by molar-refractivity contribution is 5.92. The second-order valence-corrected chi connectivity index (χ2v) is 5.10. The molecule has 20 heavy (non-hydrogen) atoms. The minimum Gasteiger partial charge on any atom is -0.388 e. The van der Waals surface area contributed by atoms with Crippen LogP contribution in [0.15, 0.2) is 18.3 Å². The van der Waals surface area contributed by atoms with Crippen molar-refractivity contribution in [2.24, 2.45) is 0 Å². The Bertz CT molecular complexity index is 438. The predicted molar refractivity (Wildman–Crippen MR) is 73.6 cm³/mol. The molecule has 0 atom stereocenters. The van der Waals surface area contributed by atoms with Crippen LogP contribution < -0.4 is 5.32 Å². The van der Waals surface area contributed by atoms with Crippen molar-refractivity contribution in [1.29, 1.82) is 0 Å². The molecular weight excluding hydrogens is 260 g/mol. The van der Waals surface area contributed by atoms with Gasteiger partial charge in [0, 0.05) is 52.5 Å². The number of ether oxygens (including phenoxy) is 2. The van der Waals surface area contributed by atoms with Gasteiger partial charge in [-0.2, -0.15) is 0 Å². The van der Waals surface area contributed by atoms with Crippen molar-refractivity contribution >= 4 is 5.91 Å². The predicted octanol–water partition coefficient (Wildman–Crippen LogP) is 0.406. The van der Waals surface area contributed by atoms with Crippen molar-refractivity contribution in [3.63, 3.8) is 0 Å². The van der Waals surface area contributed by atoms with E-state index in [2.05, 4.69) is 5.32 Å². The zero-order chi connectivity index (χ0) is 14.4. The average Bonchev–Trinajstić information content (AvgIpc) is 2.92. The van der Waals surface area contributed by atoms with Crippen LogP contribution in [-0.2, 0) is 16.0 Å². The lowest BCUT2D eigenvalue weighted by Crippen LogP contribution is -2.46. The third kappa shape index (κ3) is 3.82. The lowest BCUT2D eigenvalue weighted by Gasteiger charge is -2.32. The Morgan fingerprint density at radius 3 is 3.00 bits per heavy atom. The third-order valence-electron chi connectivity index (χ3n) is 3.60. The Kier molecular flexibility index (Phi) is 5.17. The molecule has 1 aliphatic rings. The van der Waals surface area contributed by atoms with E-state index in [0.29, 0.717) is 44.9 Å². The zero-order valence-corrected chi connectivity index (χ0v) is 11.8. The van der Waals surface area contributed by atoms with Crippen molar-refractivity contribution in [2.45, 2.75) is 25.0 Å². The van der Waals surface area contributed by atoms with Crippen molar-refractivity contribution in [3.8, 4) is 0 Å². The van der Waals surface area contributed by atoms with Crippen molar-refractivity contribution < 1.29 is 19.4 Å². The second-order valence-electron chi connectivity index (χ2n) is 5.10. The van der Waals surface area contributed by atoms with E-state index in [1.54, 1.807) is 13.2 Å². The molecule has 0 unspecified atom stereocenters. The first-order valence-electron chi connectivity index (χ1n) is 6.87. The number of aromatic nitrogens is 1. The van der Waals surface area contributed by atoms with Crippen molar-refractivity contribution in [3.05, 3.63) is 24.0 Å². The summed E-state index contributed by atoms with van der Waals surface area (Å²) in [5, 5.41) is 13.1. The Balaban J connectivity index is 1.89. The van der Waals surface area contributed by atoms with Gasteiger partial charge in [0.05, 0.1) is 12.2 Å². The van der Waals surface area contributed by atoms with E-state index in [0.717, 1.165) is 0 Å². The minimum absolute atomic E-state index is 0.175. The number of aliphatic hydroxyl groups is 1. The van der Waals surface area contributed by atoms with Crippen LogP contribution in [0.1, 0.15) is 23.3 Å². The Morgan fingerprint density at radius 2 is 2.30 bits per heavy atom. The highest BCUT2D eigenvalue weighted by Crippen LogP contribution is 2.19. The second kappa shape index (κ2) is 6.88. The van der Waals surface area contributed by atoms with E-state index >= 15 is 0 Å². The van der Waals surface area contributed by atoms with E-state index in [1.165, 1.54) is 0 Å². The minimum atomic E-state index is -0.849. The van der Waals surface area contributed by atoms with Gasteiger partial charge >= 0.3 is 0 Å². The molecule has 2 rings (SSSR count). The molecule has 6 nitrogen and oxygen atoms in total. The SMILES string of the molecule is COCCn1cccc1C(=O)NCC1(O)CCOCC1. The van der Waals surface area contributed by atoms with Gasteiger partial charge in [0.1, 0.15) is 5.69 Å². The quantitative estimate of drug-likeness (QED) is 0.792. The number of hydrogen-bond acceptors (Lipinski definition) is 4. The summed E-state index contributed by atoms with van der Waals surface area (Å²) in [6, 6.07) is 3.59. The van der Waals surface area contributed by atoms with Gasteiger partial charge in [-0.1, -0.05) is 0 Å². The van der Waals surface area contributed by atoms with Crippen LogP contribution in [0.5, 0.6) is 0 Å². The van der Waals surface area contributed by atoms with Crippen molar-refractivity contribution in [2.75, 3.05) is 33.5 Å². The van der Waals surface area contributed by atoms with Gasteiger partial charge in [0.25, 0.3) is 5.91 Å².